The molecule has 4 unspecified atom stereocenters. The fourth-order valence-corrected chi connectivity index (χ4v) is 10.3. The maximum Gasteiger partial charge on any atom is 0.213 e. The van der Waals surface area contributed by atoms with Gasteiger partial charge in [0.2, 0.25) is 5.79 Å². The van der Waals surface area contributed by atoms with E-state index in [2.05, 4.69) is 24.5 Å². The highest BCUT2D eigenvalue weighted by Crippen LogP contribution is 2.81. The van der Waals surface area contributed by atoms with Crippen molar-refractivity contribution >= 4 is 5.78 Å². The number of ether oxygens (including phenoxy) is 3. The minimum atomic E-state index is -1.32. The first-order chi connectivity index (χ1) is 14.1. The van der Waals surface area contributed by atoms with Gasteiger partial charge >= 0.3 is 0 Å². The molecule has 4 aliphatic carbocycles. The number of carbonyl (C=O) groups excluding carboxylic acids is 1. The lowest BCUT2D eigenvalue weighted by atomic mass is 9.36. The number of nitrogens with one attached hydrogen (secondary N) is 2. The summed E-state index contributed by atoms with van der Waals surface area (Å²) in [4.78, 5) is 14.4. The molecule has 3 N–H and O–H groups in total. The average Bonchev–Trinajstić information content (AvgIpc) is 3.55. The molecule has 7 heteroatoms. The monoisotopic (exact) mass is 416 g/mol. The van der Waals surface area contributed by atoms with Crippen LogP contribution in [0.2, 0.25) is 0 Å². The molecule has 0 radical (unpaired) electrons. The summed E-state index contributed by atoms with van der Waals surface area (Å²) < 4.78 is 19.9. The average molecular weight is 417 g/mol. The van der Waals surface area contributed by atoms with Gasteiger partial charge in [0.25, 0.3) is 0 Å². The van der Waals surface area contributed by atoms with Crippen LogP contribution in [-0.4, -0.2) is 65.4 Å². The summed E-state index contributed by atoms with van der Waals surface area (Å²) in [5, 5.41) is 19.3. The molecule has 164 valence electrons. The van der Waals surface area contributed by atoms with Crippen LogP contribution in [0.15, 0.2) is 0 Å². The van der Waals surface area contributed by atoms with Crippen molar-refractivity contribution in [2.75, 3.05) is 13.2 Å². The van der Waals surface area contributed by atoms with Crippen molar-refractivity contribution in [1.29, 1.82) is 0 Å². The summed E-state index contributed by atoms with van der Waals surface area (Å²) in [7, 11) is 0. The minimum Gasteiger partial charge on any atom is -0.387 e. The van der Waals surface area contributed by atoms with Gasteiger partial charge < -0.3 is 30.0 Å². The van der Waals surface area contributed by atoms with Gasteiger partial charge in [-0.2, -0.15) is 0 Å². The molecule has 4 saturated carbocycles. The first-order valence-electron chi connectivity index (χ1n) is 11.8. The molecule has 0 aromatic rings. The standard InChI is InChI=1S/C23H32N2O5/c1-18(2)7-11-14(25-11)20-9-28-23(15(26)13(18)20)22-12(20)6-5-10(21(8-24-21)17(22)27)16(22)29-19(3,4)30-23/h10-16,24-26H,5-9H2,1-4H3/t10-,11?,12?,13-,14?,15+,16-,20+,21?,22-,23+/m1/s1. The number of ketones is 1. The Labute approximate surface area is 176 Å². The van der Waals surface area contributed by atoms with E-state index in [4.69, 9.17) is 14.2 Å². The minimum absolute atomic E-state index is 0.0354. The van der Waals surface area contributed by atoms with E-state index in [9.17, 15) is 9.90 Å². The summed E-state index contributed by atoms with van der Waals surface area (Å²) >= 11 is 0. The van der Waals surface area contributed by atoms with Crippen LogP contribution in [0, 0.1) is 34.0 Å². The van der Waals surface area contributed by atoms with Crippen LogP contribution >= 0.6 is 0 Å². The topological polar surface area (TPSA) is 109 Å². The highest BCUT2D eigenvalue weighted by molar-refractivity contribution is 6.02. The van der Waals surface area contributed by atoms with Gasteiger partial charge in [0.05, 0.1) is 18.2 Å². The first kappa shape index (κ1) is 17.9. The molecule has 5 saturated heterocycles. The third-order valence-electron chi connectivity index (χ3n) is 10.8. The van der Waals surface area contributed by atoms with Gasteiger partial charge in [-0.1, -0.05) is 13.8 Å². The van der Waals surface area contributed by atoms with Gasteiger partial charge in [-0.3, -0.25) is 4.79 Å². The number of aliphatic hydroxyl groups excluding tert-OH is 1. The summed E-state index contributed by atoms with van der Waals surface area (Å²) in [5.74, 6) is -1.76. The van der Waals surface area contributed by atoms with Crippen molar-refractivity contribution in [1.82, 2.24) is 10.6 Å². The summed E-state index contributed by atoms with van der Waals surface area (Å²) in [6.07, 6.45) is 1.91. The zero-order valence-electron chi connectivity index (χ0n) is 18.2. The van der Waals surface area contributed by atoms with E-state index >= 15 is 0 Å². The molecule has 0 amide bonds. The molecular formula is C23H32N2O5. The van der Waals surface area contributed by atoms with Crippen LogP contribution in [-0.2, 0) is 19.0 Å². The molecule has 0 aromatic heterocycles. The van der Waals surface area contributed by atoms with Crippen LogP contribution in [0.3, 0.4) is 0 Å². The van der Waals surface area contributed by atoms with E-state index in [0.717, 1.165) is 19.3 Å². The van der Waals surface area contributed by atoms with Crippen molar-refractivity contribution in [2.45, 2.75) is 88.4 Å². The molecular weight excluding hydrogens is 384 g/mol. The zero-order valence-corrected chi connectivity index (χ0v) is 18.2. The molecule has 5 aliphatic heterocycles. The molecule has 11 atom stereocenters. The maximum atomic E-state index is 14.4. The molecule has 0 aromatic carbocycles. The summed E-state index contributed by atoms with van der Waals surface area (Å²) in [5.41, 5.74) is -1.74. The number of hydrogen-bond donors (Lipinski definition) is 3. The molecule has 9 fully saturated rings. The van der Waals surface area contributed by atoms with E-state index in [-0.39, 0.29) is 40.5 Å². The number of carbonyl (C=O) groups is 1. The largest absolute Gasteiger partial charge is 0.387 e. The van der Waals surface area contributed by atoms with Crippen LogP contribution in [0.1, 0.15) is 47.0 Å². The van der Waals surface area contributed by atoms with Crippen molar-refractivity contribution in [3.8, 4) is 0 Å². The third kappa shape index (κ3) is 1.44. The van der Waals surface area contributed by atoms with Crippen molar-refractivity contribution in [3.05, 3.63) is 0 Å². The van der Waals surface area contributed by atoms with Crippen LogP contribution in [0.4, 0.5) is 0 Å². The highest BCUT2D eigenvalue weighted by atomic mass is 16.8. The molecule has 4 bridgehead atoms. The van der Waals surface area contributed by atoms with Gasteiger partial charge in [0.15, 0.2) is 11.6 Å². The predicted molar refractivity (Wildman–Crippen MR) is 104 cm³/mol. The van der Waals surface area contributed by atoms with Crippen molar-refractivity contribution in [3.63, 3.8) is 0 Å². The van der Waals surface area contributed by atoms with Gasteiger partial charge in [0, 0.05) is 35.9 Å². The Morgan fingerprint density at radius 2 is 1.93 bits per heavy atom. The molecule has 30 heavy (non-hydrogen) atoms. The highest BCUT2D eigenvalue weighted by Gasteiger charge is 2.94. The van der Waals surface area contributed by atoms with Crippen molar-refractivity contribution in [2.24, 2.45) is 34.0 Å². The van der Waals surface area contributed by atoms with E-state index in [0.29, 0.717) is 25.2 Å². The van der Waals surface area contributed by atoms with Gasteiger partial charge in [-0.25, -0.2) is 0 Å². The van der Waals surface area contributed by atoms with Crippen LogP contribution < -0.4 is 10.6 Å². The summed E-state index contributed by atoms with van der Waals surface area (Å²) in [6.45, 7) is 9.66. The van der Waals surface area contributed by atoms with Gasteiger partial charge in [0.1, 0.15) is 11.5 Å². The molecule has 9 rings (SSSR count). The molecule has 9 aliphatic rings. The Bertz CT molecular complexity index is 915. The Hall–Kier alpha value is -0.570. The number of rotatable bonds is 0. The number of hydrogen-bond acceptors (Lipinski definition) is 7. The molecule has 7 nitrogen and oxygen atoms in total. The normalized spacial score (nSPS) is 67.0. The Kier molecular flexibility index (Phi) is 2.65. The lowest BCUT2D eigenvalue weighted by Gasteiger charge is -2.77. The van der Waals surface area contributed by atoms with Crippen LogP contribution in [0.25, 0.3) is 0 Å². The van der Waals surface area contributed by atoms with Gasteiger partial charge in [-0.15, -0.1) is 0 Å². The number of fused-ring (bicyclic) bond motifs is 3. The van der Waals surface area contributed by atoms with Crippen molar-refractivity contribution < 1.29 is 24.1 Å². The quantitative estimate of drug-likeness (QED) is 0.495. The van der Waals surface area contributed by atoms with E-state index in [1.807, 2.05) is 13.8 Å². The Balaban J connectivity index is 1.45. The lowest BCUT2D eigenvalue weighted by molar-refractivity contribution is -0.529. The smallest absolute Gasteiger partial charge is 0.213 e. The second-order valence-corrected chi connectivity index (χ2v) is 12.7. The summed E-state index contributed by atoms with van der Waals surface area (Å²) in [6, 6.07) is 0.767. The first-order valence-corrected chi connectivity index (χ1v) is 11.8. The Morgan fingerprint density at radius 3 is 2.67 bits per heavy atom. The van der Waals surface area contributed by atoms with E-state index in [1.165, 1.54) is 0 Å². The van der Waals surface area contributed by atoms with E-state index in [1.54, 1.807) is 0 Å². The number of aliphatic hydroxyl groups is 1. The van der Waals surface area contributed by atoms with Crippen LogP contribution in [0.5, 0.6) is 0 Å². The zero-order chi connectivity index (χ0) is 20.7. The second-order valence-electron chi connectivity index (χ2n) is 12.7. The van der Waals surface area contributed by atoms with E-state index < -0.39 is 28.6 Å². The SMILES string of the molecule is CC1(C)O[C@@H]2[C@H]3CCC4[C@@]56CO[C@](O1)([C@@H](O)[C@@H]5C(C)(C)CC1NC16)[C@]42C(=O)C31CN1. The molecule has 4 spiro atoms. The fraction of sp³-hybridized carbons (Fsp3) is 0.957. The third-order valence-corrected chi connectivity index (χ3v) is 10.8. The molecule has 5 heterocycles. The predicted octanol–water partition coefficient (Wildman–Crippen LogP) is 0.549. The number of Topliss-reactive ketones (excluding diaryl/α,β-unsaturated/α-hetero) is 1. The fourth-order valence-electron chi connectivity index (χ4n) is 10.3. The maximum absolute atomic E-state index is 14.4. The lowest BCUT2D eigenvalue weighted by Crippen LogP contribution is -2.88. The van der Waals surface area contributed by atoms with Gasteiger partial charge in [-0.05, 0) is 44.4 Å². The Morgan fingerprint density at radius 1 is 1.17 bits per heavy atom. The second kappa shape index (κ2) is 4.44.